The minimum Gasteiger partial charge on any atom is -0.416 e. The van der Waals surface area contributed by atoms with Crippen molar-refractivity contribution in [3.8, 4) is 23.4 Å². The predicted molar refractivity (Wildman–Crippen MR) is 185 cm³/mol. The molecule has 9 nitrogen and oxygen atoms in total. The number of nitriles is 2. The van der Waals surface area contributed by atoms with Crippen molar-refractivity contribution in [1.29, 1.82) is 10.5 Å². The van der Waals surface area contributed by atoms with Crippen molar-refractivity contribution >= 4 is 39.2 Å². The lowest BCUT2D eigenvalue weighted by molar-refractivity contribution is 0.0853. The third kappa shape index (κ3) is 6.59. The number of hydrogen-bond donors (Lipinski definition) is 1. The molecule has 1 N–H and O–H groups in total. The van der Waals surface area contributed by atoms with Crippen molar-refractivity contribution < 1.29 is 14.0 Å². The summed E-state index contributed by atoms with van der Waals surface area (Å²) < 4.78 is 12.2. The van der Waals surface area contributed by atoms with E-state index in [-0.39, 0.29) is 5.04 Å². The van der Waals surface area contributed by atoms with Gasteiger partial charge in [-0.05, 0) is 84.8 Å². The first-order valence-corrected chi connectivity index (χ1v) is 18.7. The van der Waals surface area contributed by atoms with Crippen LogP contribution in [0, 0.1) is 29.6 Å². The molecule has 3 aromatic rings. The van der Waals surface area contributed by atoms with E-state index in [4.69, 9.17) is 14.1 Å². The SMILES string of the molecule is Cc1cc(C2CCOCC2)c(C#N)cc1Nc1nccc(-c2cc(C#N)c3c(c2)[C@@](C)(CO[Si](C)(C)C(C)(C)C)CN3[B]C=O)n1. The molecule has 1 fully saturated rings. The number of nitrogens with one attached hydrogen (secondary N) is 1. The second kappa shape index (κ2) is 13.0. The van der Waals surface area contributed by atoms with Crippen LogP contribution in [-0.2, 0) is 19.4 Å². The normalized spacial score (nSPS) is 18.4. The second-order valence-electron chi connectivity index (χ2n) is 14.2. The molecule has 1 aromatic heterocycles. The van der Waals surface area contributed by atoms with Crippen LogP contribution in [0.15, 0.2) is 36.5 Å². The Labute approximate surface area is 274 Å². The molecule has 2 aliphatic heterocycles. The highest BCUT2D eigenvalue weighted by molar-refractivity contribution is 6.74. The van der Waals surface area contributed by atoms with E-state index < -0.39 is 13.7 Å². The van der Waals surface area contributed by atoms with E-state index in [1.807, 2.05) is 29.9 Å². The Morgan fingerprint density at radius 1 is 1.17 bits per heavy atom. The highest BCUT2D eigenvalue weighted by Crippen LogP contribution is 2.46. The van der Waals surface area contributed by atoms with E-state index >= 15 is 0 Å². The summed E-state index contributed by atoms with van der Waals surface area (Å²) >= 11 is 0. The first-order chi connectivity index (χ1) is 21.8. The third-order valence-electron chi connectivity index (χ3n) is 9.86. The standard InChI is InChI=1S/C35H42BN6O3Si/c1-23-14-28(24-9-12-44-13-10-24)26(18-37)17-31(23)41-33-39-11-8-30(40-33)25-15-27(19-38)32-29(16-25)35(5,20-42(32)36-22-43)21-45-46(6,7)34(2,3)4/h8,11,14-17,22,24H,9-10,12-13,20-21H2,1-7H3,(H,39,40,41)/t35-/m1/s1. The fraction of sp³-hybridized carbons (Fsp3) is 0.457. The number of rotatable bonds is 9. The first kappa shape index (κ1) is 33.3. The van der Waals surface area contributed by atoms with Crippen molar-refractivity contribution in [1.82, 2.24) is 9.97 Å². The molecule has 5 rings (SSSR count). The molecule has 0 amide bonds. The van der Waals surface area contributed by atoms with Crippen LogP contribution in [-0.4, -0.2) is 58.3 Å². The van der Waals surface area contributed by atoms with Crippen molar-refractivity contribution in [2.45, 2.75) is 76.9 Å². The Morgan fingerprint density at radius 3 is 2.54 bits per heavy atom. The number of anilines is 3. The average Bonchev–Trinajstić information content (AvgIpc) is 3.32. The van der Waals surface area contributed by atoms with Crippen LogP contribution < -0.4 is 10.1 Å². The number of aromatic nitrogens is 2. The molecule has 0 unspecified atom stereocenters. The molecule has 2 aliphatic rings. The van der Waals surface area contributed by atoms with Gasteiger partial charge >= 0.3 is 7.41 Å². The molecule has 1 atom stereocenters. The molecule has 2 aromatic carbocycles. The second-order valence-corrected chi connectivity index (χ2v) is 19.0. The Bertz CT molecular complexity index is 1720. The summed E-state index contributed by atoms with van der Waals surface area (Å²) in [6, 6.07) is 14.4. The maximum atomic E-state index is 11.6. The summed E-state index contributed by atoms with van der Waals surface area (Å²) in [5, 5.41) is 23.6. The third-order valence-corrected chi connectivity index (χ3v) is 14.3. The van der Waals surface area contributed by atoms with Crippen molar-refractivity contribution in [3.63, 3.8) is 0 Å². The minimum atomic E-state index is -2.07. The largest absolute Gasteiger partial charge is 0.416 e. The number of benzene rings is 2. The van der Waals surface area contributed by atoms with Crippen molar-refractivity contribution in [2.24, 2.45) is 0 Å². The van der Waals surface area contributed by atoms with Gasteiger partial charge in [0.1, 0.15) is 12.3 Å². The number of aryl methyl sites for hydroxylation is 1. The van der Waals surface area contributed by atoms with Crippen LogP contribution in [0.25, 0.3) is 11.3 Å². The molecule has 0 aliphatic carbocycles. The van der Waals surface area contributed by atoms with Gasteiger partial charge in [0, 0.05) is 54.9 Å². The fourth-order valence-electron chi connectivity index (χ4n) is 6.07. The molecule has 237 valence electrons. The zero-order valence-electron chi connectivity index (χ0n) is 27.9. The molecule has 46 heavy (non-hydrogen) atoms. The molecule has 0 bridgehead atoms. The van der Waals surface area contributed by atoms with Gasteiger partial charge < -0.3 is 24.1 Å². The van der Waals surface area contributed by atoms with Crippen LogP contribution in [0.1, 0.15) is 74.3 Å². The Hall–Kier alpha value is -4.03. The van der Waals surface area contributed by atoms with E-state index in [9.17, 15) is 15.3 Å². The van der Waals surface area contributed by atoms with Gasteiger partial charge in [-0.25, -0.2) is 9.97 Å². The Kier molecular flexibility index (Phi) is 9.42. The maximum Gasteiger partial charge on any atom is 0.329 e. The van der Waals surface area contributed by atoms with Crippen LogP contribution in [0.2, 0.25) is 18.1 Å². The number of fused-ring (bicyclic) bond motifs is 1. The summed E-state index contributed by atoms with van der Waals surface area (Å²) in [4.78, 5) is 22.8. The Morgan fingerprint density at radius 2 is 1.89 bits per heavy atom. The number of ether oxygens (including phenoxy) is 1. The minimum absolute atomic E-state index is 0.0426. The summed E-state index contributed by atoms with van der Waals surface area (Å²) in [5.41, 5.74) is 6.59. The smallest absolute Gasteiger partial charge is 0.329 e. The Balaban J connectivity index is 1.49. The molecule has 1 radical (unpaired) electrons. The quantitative estimate of drug-likeness (QED) is 0.201. The highest BCUT2D eigenvalue weighted by atomic mass is 28.4. The lowest BCUT2D eigenvalue weighted by atomic mass is 9.83. The van der Waals surface area contributed by atoms with Crippen molar-refractivity contribution in [2.75, 3.05) is 36.5 Å². The molecular weight excluding hydrogens is 591 g/mol. The van der Waals surface area contributed by atoms with Gasteiger partial charge in [0.05, 0.1) is 22.9 Å². The first-order valence-electron chi connectivity index (χ1n) is 15.8. The fourth-order valence-corrected chi connectivity index (χ4v) is 7.18. The number of carbonyl (C=O) groups excluding carboxylic acids is 1. The zero-order valence-corrected chi connectivity index (χ0v) is 28.9. The number of nitrogens with zero attached hydrogens (tertiary/aromatic N) is 5. The maximum absolute atomic E-state index is 11.6. The highest BCUT2D eigenvalue weighted by Gasteiger charge is 2.44. The van der Waals surface area contributed by atoms with E-state index in [0.29, 0.717) is 55.1 Å². The number of carbonyl (C=O) groups is 1. The molecule has 0 spiro atoms. The predicted octanol–water partition coefficient (Wildman–Crippen LogP) is 6.74. The molecular formula is C35H42BN6O3Si. The van der Waals surface area contributed by atoms with Crippen LogP contribution in [0.5, 0.6) is 0 Å². The molecule has 1 saturated heterocycles. The lowest BCUT2D eigenvalue weighted by Gasteiger charge is -2.39. The summed E-state index contributed by atoms with van der Waals surface area (Å²) in [7, 11) is -0.574. The monoisotopic (exact) mass is 633 g/mol. The van der Waals surface area contributed by atoms with Gasteiger partial charge in [-0.3, -0.25) is 0 Å². The molecule has 0 saturated carbocycles. The van der Waals surface area contributed by atoms with Gasteiger partial charge in [0.2, 0.25) is 5.95 Å². The van der Waals surface area contributed by atoms with Crippen LogP contribution in [0.4, 0.5) is 17.3 Å². The van der Waals surface area contributed by atoms with Crippen molar-refractivity contribution in [3.05, 3.63) is 64.3 Å². The van der Waals surface area contributed by atoms with Gasteiger partial charge in [0.25, 0.3) is 0 Å². The van der Waals surface area contributed by atoms with E-state index in [2.05, 4.69) is 75.4 Å². The van der Waals surface area contributed by atoms with Crippen LogP contribution in [0.3, 0.4) is 0 Å². The van der Waals surface area contributed by atoms with Gasteiger partial charge in [0.15, 0.2) is 8.32 Å². The average molecular weight is 634 g/mol. The topological polar surface area (TPSA) is 124 Å². The summed E-state index contributed by atoms with van der Waals surface area (Å²) in [6.45, 7) is 17.7. The zero-order chi connectivity index (χ0) is 33.3. The van der Waals surface area contributed by atoms with Gasteiger partial charge in [-0.1, -0.05) is 33.8 Å². The van der Waals surface area contributed by atoms with Gasteiger partial charge in [-0.15, -0.1) is 0 Å². The van der Waals surface area contributed by atoms with Gasteiger partial charge in [-0.2, -0.15) is 10.5 Å². The lowest BCUT2D eigenvalue weighted by Crippen LogP contribution is -2.46. The van der Waals surface area contributed by atoms with Crippen LogP contribution >= 0.6 is 0 Å². The summed E-state index contributed by atoms with van der Waals surface area (Å²) in [5.74, 6) is 0.699. The summed E-state index contributed by atoms with van der Waals surface area (Å²) in [6.07, 6.45) is 4.26. The van der Waals surface area contributed by atoms with E-state index in [1.54, 1.807) is 6.20 Å². The van der Waals surface area contributed by atoms with E-state index in [0.717, 1.165) is 52.7 Å². The molecule has 3 heterocycles. The number of hydrogen-bond acceptors (Lipinski definition) is 9. The molecule has 11 heteroatoms. The van der Waals surface area contributed by atoms with E-state index in [1.165, 1.54) is 7.41 Å².